The first-order chi connectivity index (χ1) is 12.3. The highest BCUT2D eigenvalue weighted by atomic mass is 35.5. The summed E-state index contributed by atoms with van der Waals surface area (Å²) in [5.41, 5.74) is 0.797. The molecule has 2 aromatic rings. The molecule has 1 aliphatic rings. The van der Waals surface area contributed by atoms with E-state index in [2.05, 4.69) is 5.32 Å². The van der Waals surface area contributed by atoms with Crippen LogP contribution < -0.4 is 5.32 Å². The number of nitrogens with one attached hydrogen (secondary N) is 1. The maximum absolute atomic E-state index is 12.6. The van der Waals surface area contributed by atoms with Crippen LogP contribution in [0, 0.1) is 0 Å². The Hall–Kier alpha value is -1.54. The van der Waals surface area contributed by atoms with Crippen LogP contribution in [-0.2, 0) is 17.1 Å². The summed E-state index contributed by atoms with van der Waals surface area (Å²) in [7, 11) is -1.85. The van der Waals surface area contributed by atoms with E-state index >= 15 is 0 Å². The number of anilines is 1. The monoisotopic (exact) mass is 415 g/mol. The Balaban J connectivity index is 1.75. The van der Waals surface area contributed by atoms with Crippen LogP contribution in [0.15, 0.2) is 35.2 Å². The van der Waals surface area contributed by atoms with Gasteiger partial charge in [-0.1, -0.05) is 29.6 Å². The zero-order valence-corrected chi connectivity index (χ0v) is 16.5. The van der Waals surface area contributed by atoms with Crippen molar-refractivity contribution in [3.05, 3.63) is 46.2 Å². The summed E-state index contributed by atoms with van der Waals surface area (Å²) < 4.78 is 28.3. The SMILES string of the molecule is Cn1c(C(=O)Nc2ccc(S(=O)(=O)N3CCCCC3)cc2)cc(Cl)c1Cl. The molecule has 140 valence electrons. The maximum Gasteiger partial charge on any atom is 0.272 e. The minimum absolute atomic E-state index is 0.224. The molecule has 1 aromatic heterocycles. The Morgan fingerprint density at radius 3 is 2.23 bits per heavy atom. The Bertz CT molecular complexity index is 917. The van der Waals surface area contributed by atoms with Crippen LogP contribution in [0.3, 0.4) is 0 Å². The third kappa shape index (κ3) is 3.76. The topological polar surface area (TPSA) is 71.4 Å². The highest BCUT2D eigenvalue weighted by molar-refractivity contribution is 7.89. The summed E-state index contributed by atoms with van der Waals surface area (Å²) in [4.78, 5) is 12.6. The first kappa shape index (κ1) is 19.2. The van der Waals surface area contributed by atoms with Crippen LogP contribution in [0.4, 0.5) is 5.69 Å². The molecule has 0 bridgehead atoms. The van der Waals surface area contributed by atoms with E-state index in [0.717, 1.165) is 19.3 Å². The van der Waals surface area contributed by atoms with Crippen molar-refractivity contribution in [1.29, 1.82) is 0 Å². The standard InChI is InChI=1S/C17H19Cl2N3O3S/c1-21-15(11-14(18)16(21)19)17(23)20-12-5-7-13(8-6-12)26(24,25)22-9-3-2-4-10-22/h5-8,11H,2-4,9-10H2,1H3,(H,20,23). The van der Waals surface area contributed by atoms with Gasteiger partial charge in [0.1, 0.15) is 10.8 Å². The van der Waals surface area contributed by atoms with Crippen molar-refractivity contribution < 1.29 is 13.2 Å². The van der Waals surface area contributed by atoms with Gasteiger partial charge in [0.05, 0.1) is 9.92 Å². The molecule has 1 amide bonds. The second-order valence-corrected chi connectivity index (χ2v) is 8.87. The summed E-state index contributed by atoms with van der Waals surface area (Å²) in [5.74, 6) is -0.382. The molecule has 26 heavy (non-hydrogen) atoms. The second kappa shape index (κ2) is 7.60. The number of rotatable bonds is 4. The van der Waals surface area contributed by atoms with Gasteiger partial charge in [-0.15, -0.1) is 0 Å². The zero-order chi connectivity index (χ0) is 18.9. The van der Waals surface area contributed by atoms with Crippen molar-refractivity contribution in [2.24, 2.45) is 7.05 Å². The third-order valence-electron chi connectivity index (χ3n) is 4.41. The number of halogens is 2. The molecule has 1 saturated heterocycles. The number of sulfonamides is 1. The van der Waals surface area contributed by atoms with Crippen LogP contribution in [-0.4, -0.2) is 36.3 Å². The zero-order valence-electron chi connectivity index (χ0n) is 14.2. The fourth-order valence-electron chi connectivity index (χ4n) is 2.92. The molecule has 9 heteroatoms. The van der Waals surface area contributed by atoms with E-state index in [1.807, 2.05) is 0 Å². The quantitative estimate of drug-likeness (QED) is 0.825. The van der Waals surface area contributed by atoms with Gasteiger partial charge < -0.3 is 9.88 Å². The molecular formula is C17H19Cl2N3O3S. The Labute approximate surface area is 162 Å². The van der Waals surface area contributed by atoms with Crippen molar-refractivity contribution in [1.82, 2.24) is 8.87 Å². The van der Waals surface area contributed by atoms with Crippen molar-refractivity contribution in [3.8, 4) is 0 Å². The second-order valence-electron chi connectivity index (χ2n) is 6.17. The van der Waals surface area contributed by atoms with E-state index in [-0.39, 0.29) is 16.0 Å². The molecule has 2 heterocycles. The number of aromatic nitrogens is 1. The lowest BCUT2D eigenvalue weighted by atomic mass is 10.2. The van der Waals surface area contributed by atoms with Gasteiger partial charge in [0.15, 0.2) is 0 Å². The lowest BCUT2D eigenvalue weighted by Gasteiger charge is -2.25. The van der Waals surface area contributed by atoms with Gasteiger partial charge in [-0.25, -0.2) is 8.42 Å². The molecule has 0 atom stereocenters. The maximum atomic E-state index is 12.6. The predicted octanol–water partition coefficient (Wildman–Crippen LogP) is 3.76. The van der Waals surface area contributed by atoms with Crippen LogP contribution in [0.1, 0.15) is 29.8 Å². The number of piperidine rings is 1. The Kier molecular flexibility index (Phi) is 5.62. The van der Waals surface area contributed by atoms with E-state index < -0.39 is 10.0 Å². The van der Waals surface area contributed by atoms with E-state index in [0.29, 0.717) is 29.5 Å². The van der Waals surface area contributed by atoms with E-state index in [1.165, 1.54) is 27.1 Å². The molecule has 0 saturated carbocycles. The molecular weight excluding hydrogens is 397 g/mol. The van der Waals surface area contributed by atoms with Gasteiger partial charge in [0.25, 0.3) is 5.91 Å². The van der Waals surface area contributed by atoms with Gasteiger partial charge in [-0.2, -0.15) is 4.31 Å². The number of carbonyl (C=O) groups excluding carboxylic acids is 1. The van der Waals surface area contributed by atoms with Crippen LogP contribution in [0.5, 0.6) is 0 Å². The molecule has 0 unspecified atom stereocenters. The van der Waals surface area contributed by atoms with Crippen molar-refractivity contribution >= 4 is 44.8 Å². The first-order valence-electron chi connectivity index (χ1n) is 8.23. The fourth-order valence-corrected chi connectivity index (χ4v) is 4.81. The molecule has 0 aliphatic carbocycles. The lowest BCUT2D eigenvalue weighted by Crippen LogP contribution is -2.35. The van der Waals surface area contributed by atoms with Gasteiger partial charge in [-0.05, 0) is 43.2 Å². The number of amides is 1. The number of nitrogens with zero attached hydrogens (tertiary/aromatic N) is 2. The van der Waals surface area contributed by atoms with Gasteiger partial charge >= 0.3 is 0 Å². The Morgan fingerprint density at radius 2 is 1.69 bits per heavy atom. The predicted molar refractivity (Wildman–Crippen MR) is 102 cm³/mol. The molecule has 0 spiro atoms. The van der Waals surface area contributed by atoms with Crippen LogP contribution in [0.2, 0.25) is 10.2 Å². The summed E-state index contributed by atoms with van der Waals surface area (Å²) in [6.45, 7) is 1.10. The summed E-state index contributed by atoms with van der Waals surface area (Å²) >= 11 is 11.9. The summed E-state index contributed by atoms with van der Waals surface area (Å²) in [6, 6.07) is 7.63. The van der Waals surface area contributed by atoms with Crippen LogP contribution >= 0.6 is 23.2 Å². The highest BCUT2D eigenvalue weighted by Crippen LogP contribution is 2.26. The number of carbonyl (C=O) groups is 1. The van der Waals surface area contributed by atoms with E-state index in [9.17, 15) is 13.2 Å². The summed E-state index contributed by atoms with van der Waals surface area (Å²) in [5, 5.41) is 3.28. The number of hydrogen-bond donors (Lipinski definition) is 1. The molecule has 1 aromatic carbocycles. The van der Waals surface area contributed by atoms with Crippen LogP contribution in [0.25, 0.3) is 0 Å². The molecule has 1 fully saturated rings. The van der Waals surface area contributed by atoms with Gasteiger partial charge in [0, 0.05) is 25.8 Å². The minimum Gasteiger partial charge on any atom is -0.329 e. The van der Waals surface area contributed by atoms with E-state index in [1.54, 1.807) is 19.2 Å². The molecule has 6 nitrogen and oxygen atoms in total. The number of benzene rings is 1. The smallest absolute Gasteiger partial charge is 0.272 e. The summed E-state index contributed by atoms with van der Waals surface area (Å²) in [6.07, 6.45) is 2.83. The fraction of sp³-hybridized carbons (Fsp3) is 0.353. The highest BCUT2D eigenvalue weighted by Gasteiger charge is 2.25. The molecule has 1 N–H and O–H groups in total. The minimum atomic E-state index is -3.49. The van der Waals surface area contributed by atoms with Crippen molar-refractivity contribution in [2.75, 3.05) is 18.4 Å². The normalized spacial score (nSPS) is 15.8. The first-order valence-corrected chi connectivity index (χ1v) is 10.4. The van der Waals surface area contributed by atoms with Crippen molar-refractivity contribution in [2.45, 2.75) is 24.2 Å². The number of hydrogen-bond acceptors (Lipinski definition) is 3. The molecule has 0 radical (unpaired) electrons. The molecule has 3 rings (SSSR count). The molecule has 1 aliphatic heterocycles. The van der Waals surface area contributed by atoms with Crippen molar-refractivity contribution in [3.63, 3.8) is 0 Å². The van der Waals surface area contributed by atoms with Gasteiger partial charge in [0.2, 0.25) is 10.0 Å². The average molecular weight is 416 g/mol. The lowest BCUT2D eigenvalue weighted by molar-refractivity contribution is 0.101. The largest absolute Gasteiger partial charge is 0.329 e. The van der Waals surface area contributed by atoms with E-state index in [4.69, 9.17) is 23.2 Å². The van der Waals surface area contributed by atoms with Gasteiger partial charge in [-0.3, -0.25) is 4.79 Å². The third-order valence-corrected chi connectivity index (χ3v) is 7.17. The Morgan fingerprint density at radius 1 is 1.08 bits per heavy atom. The average Bonchev–Trinajstić information content (AvgIpc) is 2.90.